The monoisotopic (exact) mass is 408 g/mol. The lowest BCUT2D eigenvalue weighted by Crippen LogP contribution is -2.24. The molecule has 0 spiro atoms. The van der Waals surface area contributed by atoms with E-state index < -0.39 is 5.97 Å². The van der Waals surface area contributed by atoms with Gasteiger partial charge in [0, 0.05) is 29.4 Å². The highest BCUT2D eigenvalue weighted by atomic mass is 32.1. The zero-order valence-corrected chi connectivity index (χ0v) is 16.5. The highest BCUT2D eigenvalue weighted by Crippen LogP contribution is 2.26. The third-order valence-electron chi connectivity index (χ3n) is 4.78. The number of carbonyl (C=O) groups is 2. The lowest BCUT2D eigenvalue weighted by Gasteiger charge is -2.20. The van der Waals surface area contributed by atoms with Crippen LogP contribution < -0.4 is 10.1 Å². The van der Waals surface area contributed by atoms with Gasteiger partial charge in [-0.25, -0.2) is 19.7 Å². The van der Waals surface area contributed by atoms with Crippen LogP contribution >= 0.6 is 11.3 Å². The molecule has 0 saturated heterocycles. The summed E-state index contributed by atoms with van der Waals surface area (Å²) < 4.78 is 5.38. The second-order valence-corrected chi connectivity index (χ2v) is 7.71. The maximum Gasteiger partial charge on any atom is 0.363 e. The van der Waals surface area contributed by atoms with Crippen molar-refractivity contribution < 1.29 is 14.3 Å². The molecule has 1 aromatic carbocycles. The first kappa shape index (κ1) is 19.2. The van der Waals surface area contributed by atoms with Gasteiger partial charge >= 0.3 is 5.97 Å². The highest BCUT2D eigenvalue weighted by Gasteiger charge is 2.21. The number of nitrogens with one attached hydrogen (secondary N) is 1. The van der Waals surface area contributed by atoms with Crippen LogP contribution in [0.4, 0.5) is 5.69 Å². The molecule has 0 unspecified atom stereocenters. The smallest absolute Gasteiger partial charge is 0.363 e. The molecule has 1 aliphatic carbocycles. The molecule has 0 aliphatic heterocycles. The standard InChI is InChI=1S/C21H20N4O3S/c26-19(14-5-2-1-3-6-14)24-15-7-9-16(10-8-15)28-21(27)17-13-29-20(25-17)18-22-11-4-12-23-18/h4,7-14H,1-3,5-6H2,(H,24,26). The van der Waals surface area contributed by atoms with Gasteiger partial charge in [-0.15, -0.1) is 11.3 Å². The quantitative estimate of drug-likeness (QED) is 0.499. The predicted octanol–water partition coefficient (Wildman–Crippen LogP) is 4.34. The van der Waals surface area contributed by atoms with Gasteiger partial charge < -0.3 is 10.1 Å². The van der Waals surface area contributed by atoms with Crippen LogP contribution in [0.25, 0.3) is 10.8 Å². The molecule has 1 amide bonds. The van der Waals surface area contributed by atoms with E-state index in [1.54, 1.807) is 48.1 Å². The van der Waals surface area contributed by atoms with Crippen LogP contribution in [0.3, 0.4) is 0 Å². The van der Waals surface area contributed by atoms with E-state index in [0.717, 1.165) is 25.7 Å². The minimum absolute atomic E-state index is 0.0626. The molecule has 1 aliphatic rings. The van der Waals surface area contributed by atoms with Crippen LogP contribution in [0, 0.1) is 5.92 Å². The van der Waals surface area contributed by atoms with Crippen LogP contribution in [0.2, 0.25) is 0 Å². The molecule has 0 atom stereocenters. The zero-order chi connectivity index (χ0) is 20.1. The van der Waals surface area contributed by atoms with E-state index in [2.05, 4.69) is 20.3 Å². The molecule has 7 nitrogen and oxygen atoms in total. The molecule has 29 heavy (non-hydrogen) atoms. The van der Waals surface area contributed by atoms with Gasteiger partial charge in [0.05, 0.1) is 0 Å². The summed E-state index contributed by atoms with van der Waals surface area (Å²) in [5.41, 5.74) is 0.893. The van der Waals surface area contributed by atoms with Crippen LogP contribution in [0.15, 0.2) is 48.1 Å². The van der Waals surface area contributed by atoms with Crippen LogP contribution in [-0.2, 0) is 4.79 Å². The van der Waals surface area contributed by atoms with Crippen molar-refractivity contribution in [3.05, 3.63) is 53.8 Å². The number of rotatable bonds is 5. The summed E-state index contributed by atoms with van der Waals surface area (Å²) in [5, 5.41) is 5.11. The first-order valence-corrected chi connectivity index (χ1v) is 10.4. The Bertz CT molecular complexity index is 983. The highest BCUT2D eigenvalue weighted by molar-refractivity contribution is 7.13. The first-order chi connectivity index (χ1) is 14.2. The second kappa shape index (κ2) is 8.91. The maximum absolute atomic E-state index is 12.3. The predicted molar refractivity (Wildman–Crippen MR) is 110 cm³/mol. The molecule has 2 heterocycles. The van der Waals surface area contributed by atoms with Crippen molar-refractivity contribution in [2.24, 2.45) is 5.92 Å². The summed E-state index contributed by atoms with van der Waals surface area (Å²) in [6.07, 6.45) is 8.58. The Kier molecular flexibility index (Phi) is 5.90. The van der Waals surface area contributed by atoms with Gasteiger partial charge in [0.15, 0.2) is 16.5 Å². The first-order valence-electron chi connectivity index (χ1n) is 9.55. The fourth-order valence-corrected chi connectivity index (χ4v) is 3.99. The molecule has 0 radical (unpaired) electrons. The van der Waals surface area contributed by atoms with Crippen molar-refractivity contribution in [3.8, 4) is 16.6 Å². The van der Waals surface area contributed by atoms with E-state index in [-0.39, 0.29) is 17.5 Å². The van der Waals surface area contributed by atoms with Crippen molar-refractivity contribution in [2.75, 3.05) is 5.32 Å². The molecule has 1 fully saturated rings. The summed E-state index contributed by atoms with van der Waals surface area (Å²) in [6.45, 7) is 0. The number of aromatic nitrogens is 3. The van der Waals surface area contributed by atoms with Gasteiger partial charge in [0.2, 0.25) is 5.91 Å². The average Bonchev–Trinajstić information content (AvgIpc) is 3.27. The topological polar surface area (TPSA) is 94.1 Å². The molecule has 1 N–H and O–H groups in total. The van der Waals surface area contributed by atoms with E-state index in [0.29, 0.717) is 22.3 Å². The van der Waals surface area contributed by atoms with Crippen molar-refractivity contribution >= 4 is 28.9 Å². The third kappa shape index (κ3) is 4.83. The zero-order valence-electron chi connectivity index (χ0n) is 15.7. The number of anilines is 1. The van der Waals surface area contributed by atoms with Crippen molar-refractivity contribution in [3.63, 3.8) is 0 Å². The maximum atomic E-state index is 12.3. The SMILES string of the molecule is O=C(Oc1ccc(NC(=O)C2CCCCC2)cc1)c1csc(-c2ncccn2)n1. The lowest BCUT2D eigenvalue weighted by molar-refractivity contribution is -0.120. The Morgan fingerprint density at radius 3 is 2.48 bits per heavy atom. The number of hydrogen-bond acceptors (Lipinski definition) is 7. The van der Waals surface area contributed by atoms with Crippen molar-refractivity contribution in [1.29, 1.82) is 0 Å². The number of amides is 1. The van der Waals surface area contributed by atoms with E-state index in [1.807, 2.05) is 0 Å². The molecule has 148 valence electrons. The average molecular weight is 408 g/mol. The normalized spacial score (nSPS) is 14.3. The number of hydrogen-bond donors (Lipinski definition) is 1. The van der Waals surface area contributed by atoms with Crippen LogP contribution in [0.1, 0.15) is 42.6 Å². The van der Waals surface area contributed by atoms with Crippen molar-refractivity contribution in [2.45, 2.75) is 32.1 Å². The molecular formula is C21H20N4O3S. The minimum Gasteiger partial charge on any atom is -0.422 e. The van der Waals surface area contributed by atoms with Crippen LogP contribution in [0.5, 0.6) is 5.75 Å². The summed E-state index contributed by atoms with van der Waals surface area (Å²) in [4.78, 5) is 37.2. The Morgan fingerprint density at radius 1 is 1.03 bits per heavy atom. The summed E-state index contributed by atoms with van der Waals surface area (Å²) >= 11 is 1.28. The lowest BCUT2D eigenvalue weighted by atomic mass is 9.88. The molecule has 2 aromatic heterocycles. The van der Waals surface area contributed by atoms with E-state index in [4.69, 9.17) is 4.74 Å². The van der Waals surface area contributed by atoms with Crippen molar-refractivity contribution in [1.82, 2.24) is 15.0 Å². The van der Waals surface area contributed by atoms with E-state index in [9.17, 15) is 9.59 Å². The largest absolute Gasteiger partial charge is 0.422 e. The number of benzene rings is 1. The van der Waals surface area contributed by atoms with E-state index >= 15 is 0 Å². The number of ether oxygens (including phenoxy) is 1. The Balaban J connectivity index is 1.35. The number of esters is 1. The van der Waals surface area contributed by atoms with Gasteiger partial charge in [0.25, 0.3) is 0 Å². The van der Waals surface area contributed by atoms with Gasteiger partial charge in [-0.05, 0) is 43.2 Å². The molecular weight excluding hydrogens is 388 g/mol. The Morgan fingerprint density at radius 2 is 1.76 bits per heavy atom. The second-order valence-electron chi connectivity index (χ2n) is 6.85. The van der Waals surface area contributed by atoms with Gasteiger partial charge in [-0.1, -0.05) is 19.3 Å². The number of carbonyl (C=O) groups excluding carboxylic acids is 2. The fourth-order valence-electron chi connectivity index (χ4n) is 3.25. The molecule has 8 heteroatoms. The molecule has 1 saturated carbocycles. The minimum atomic E-state index is -0.553. The van der Waals surface area contributed by atoms with E-state index in [1.165, 1.54) is 17.8 Å². The van der Waals surface area contributed by atoms with Crippen LogP contribution in [-0.4, -0.2) is 26.8 Å². The molecule has 4 rings (SSSR count). The third-order valence-corrected chi connectivity index (χ3v) is 5.62. The summed E-state index contributed by atoms with van der Waals surface area (Å²) in [7, 11) is 0. The number of nitrogens with zero attached hydrogens (tertiary/aromatic N) is 3. The fraction of sp³-hybridized carbons (Fsp3) is 0.286. The van der Waals surface area contributed by atoms with Gasteiger partial charge in [-0.2, -0.15) is 0 Å². The Labute approximate surface area is 172 Å². The molecule has 3 aromatic rings. The molecule has 0 bridgehead atoms. The summed E-state index contributed by atoms with van der Waals surface area (Å²) in [5.74, 6) is 0.453. The Hall–Kier alpha value is -3.13. The number of thiazole rings is 1. The van der Waals surface area contributed by atoms with Gasteiger partial charge in [-0.3, -0.25) is 4.79 Å². The van der Waals surface area contributed by atoms with Gasteiger partial charge in [0.1, 0.15) is 5.75 Å². The summed E-state index contributed by atoms with van der Waals surface area (Å²) in [6, 6.07) is 8.48.